The quantitative estimate of drug-likeness (QED) is 0.616. The third-order valence-corrected chi connectivity index (χ3v) is 4.79. The number of fused-ring (bicyclic) bond motifs is 1. The number of likely N-dealkylation sites (tertiary alicyclic amines) is 1. The maximum atomic E-state index is 13.3. The molecule has 1 aliphatic rings. The third-order valence-electron chi connectivity index (χ3n) is 4.79. The van der Waals surface area contributed by atoms with Gasteiger partial charge in [-0.05, 0) is 12.1 Å². The molecule has 4 heterocycles. The number of nitrogens with zero attached hydrogens (tertiary/aromatic N) is 5. The van der Waals surface area contributed by atoms with Gasteiger partial charge in [0, 0.05) is 49.9 Å². The highest BCUT2D eigenvalue weighted by atomic mass is 19.4. The number of hydrogen-bond donors (Lipinski definition) is 0. The molecule has 0 aromatic carbocycles. The van der Waals surface area contributed by atoms with Crippen molar-refractivity contribution in [3.63, 3.8) is 0 Å². The molecule has 6 nitrogen and oxygen atoms in total. The number of aromatic nitrogens is 4. The predicted octanol–water partition coefficient (Wildman–Crippen LogP) is 3.66. The van der Waals surface area contributed by atoms with E-state index >= 15 is 0 Å². The van der Waals surface area contributed by atoms with Gasteiger partial charge in [-0.15, -0.1) is 0 Å². The van der Waals surface area contributed by atoms with Gasteiger partial charge in [0.05, 0.1) is 17.4 Å². The molecule has 29 heavy (non-hydrogen) atoms. The fourth-order valence-corrected chi connectivity index (χ4v) is 3.32. The molecular weight excluding hydrogens is 397 g/mol. The van der Waals surface area contributed by atoms with Crippen LogP contribution in [0.4, 0.5) is 22.0 Å². The lowest BCUT2D eigenvalue weighted by Gasteiger charge is -2.31. The highest BCUT2D eigenvalue weighted by molar-refractivity contribution is 5.97. The SMILES string of the molecule is O=C(c1cnc2c(ccn2-c2cnn(CC(F)(F)F)c2)c1)N1CCC(F)(F)CC1. The Kier molecular flexibility index (Phi) is 4.55. The summed E-state index contributed by atoms with van der Waals surface area (Å²) in [4.78, 5) is 18.2. The summed E-state index contributed by atoms with van der Waals surface area (Å²) in [5, 5.41) is 4.31. The zero-order valence-corrected chi connectivity index (χ0v) is 15.0. The van der Waals surface area contributed by atoms with Gasteiger partial charge in [0.2, 0.25) is 0 Å². The van der Waals surface area contributed by atoms with Crippen molar-refractivity contribution < 1.29 is 26.7 Å². The van der Waals surface area contributed by atoms with Crippen molar-refractivity contribution in [3.8, 4) is 5.69 Å². The minimum Gasteiger partial charge on any atom is -0.338 e. The molecule has 0 radical (unpaired) electrons. The lowest BCUT2D eigenvalue weighted by Crippen LogP contribution is -2.42. The molecule has 0 spiro atoms. The lowest BCUT2D eigenvalue weighted by molar-refractivity contribution is -0.142. The van der Waals surface area contributed by atoms with E-state index in [1.165, 1.54) is 23.5 Å². The molecule has 4 rings (SSSR count). The monoisotopic (exact) mass is 413 g/mol. The molecular formula is C18H16F5N5O. The van der Waals surface area contributed by atoms with Crippen LogP contribution < -0.4 is 0 Å². The second-order valence-corrected chi connectivity index (χ2v) is 6.98. The van der Waals surface area contributed by atoms with Gasteiger partial charge in [-0.1, -0.05) is 0 Å². The molecule has 1 amide bonds. The molecule has 0 unspecified atom stereocenters. The van der Waals surface area contributed by atoms with Crippen LogP contribution in [0.15, 0.2) is 36.9 Å². The van der Waals surface area contributed by atoms with Gasteiger partial charge in [-0.25, -0.2) is 13.8 Å². The van der Waals surface area contributed by atoms with E-state index in [9.17, 15) is 26.7 Å². The van der Waals surface area contributed by atoms with Crippen molar-refractivity contribution in [2.75, 3.05) is 13.1 Å². The second-order valence-electron chi connectivity index (χ2n) is 6.98. The van der Waals surface area contributed by atoms with E-state index in [1.54, 1.807) is 22.9 Å². The van der Waals surface area contributed by atoms with Crippen molar-refractivity contribution in [2.24, 2.45) is 0 Å². The van der Waals surface area contributed by atoms with Crippen LogP contribution in [0.3, 0.4) is 0 Å². The van der Waals surface area contributed by atoms with Crippen LogP contribution in [0, 0.1) is 0 Å². The molecule has 0 bridgehead atoms. The van der Waals surface area contributed by atoms with E-state index in [-0.39, 0.29) is 37.4 Å². The molecule has 1 aliphatic heterocycles. The summed E-state index contributed by atoms with van der Waals surface area (Å²) in [6.45, 7) is -1.25. The van der Waals surface area contributed by atoms with Crippen molar-refractivity contribution in [1.29, 1.82) is 0 Å². The van der Waals surface area contributed by atoms with Crippen LogP contribution in [-0.2, 0) is 6.54 Å². The van der Waals surface area contributed by atoms with Gasteiger partial charge in [-0.3, -0.25) is 14.0 Å². The lowest BCUT2D eigenvalue weighted by atomic mass is 10.1. The third kappa shape index (κ3) is 4.08. The van der Waals surface area contributed by atoms with E-state index < -0.39 is 18.6 Å². The number of amides is 1. The van der Waals surface area contributed by atoms with E-state index in [0.717, 1.165) is 4.68 Å². The Morgan fingerprint density at radius 1 is 1.17 bits per heavy atom. The smallest absolute Gasteiger partial charge is 0.338 e. The molecule has 3 aromatic rings. The average Bonchev–Trinajstić information content (AvgIpc) is 3.25. The summed E-state index contributed by atoms with van der Waals surface area (Å²) in [7, 11) is 0. The second kappa shape index (κ2) is 6.82. The maximum absolute atomic E-state index is 13.3. The van der Waals surface area contributed by atoms with Gasteiger partial charge in [-0.2, -0.15) is 18.3 Å². The number of carbonyl (C=O) groups excluding carboxylic acids is 1. The molecule has 1 fully saturated rings. The Morgan fingerprint density at radius 2 is 1.90 bits per heavy atom. The minimum atomic E-state index is -4.38. The maximum Gasteiger partial charge on any atom is 0.408 e. The van der Waals surface area contributed by atoms with Crippen LogP contribution in [0.2, 0.25) is 0 Å². The molecule has 0 N–H and O–H groups in total. The normalized spacial score (nSPS) is 17.1. The fraction of sp³-hybridized carbons (Fsp3) is 0.389. The number of hydrogen-bond acceptors (Lipinski definition) is 3. The van der Waals surface area contributed by atoms with Gasteiger partial charge in [0.25, 0.3) is 11.8 Å². The first kappa shape index (κ1) is 19.3. The molecule has 3 aromatic heterocycles. The first-order valence-electron chi connectivity index (χ1n) is 8.85. The Balaban J connectivity index is 1.56. The molecule has 1 saturated heterocycles. The summed E-state index contributed by atoms with van der Waals surface area (Å²) in [6.07, 6.45) is 0.380. The van der Waals surface area contributed by atoms with Crippen LogP contribution in [0.5, 0.6) is 0 Å². The zero-order valence-electron chi connectivity index (χ0n) is 15.0. The average molecular weight is 413 g/mol. The minimum absolute atomic E-state index is 0.0245. The molecule has 0 atom stereocenters. The summed E-state index contributed by atoms with van der Waals surface area (Å²) in [5.74, 6) is -3.12. The summed E-state index contributed by atoms with van der Waals surface area (Å²) >= 11 is 0. The van der Waals surface area contributed by atoms with Crippen LogP contribution >= 0.6 is 0 Å². The van der Waals surface area contributed by atoms with Crippen molar-refractivity contribution in [3.05, 3.63) is 42.5 Å². The highest BCUT2D eigenvalue weighted by Gasteiger charge is 2.36. The molecule has 0 aliphatic carbocycles. The summed E-state index contributed by atoms with van der Waals surface area (Å²) in [5.41, 5.74) is 1.11. The highest BCUT2D eigenvalue weighted by Crippen LogP contribution is 2.29. The first-order chi connectivity index (χ1) is 13.6. The predicted molar refractivity (Wildman–Crippen MR) is 93.0 cm³/mol. The number of alkyl halides is 5. The Labute approximate surface area is 161 Å². The number of halogens is 5. The zero-order chi connectivity index (χ0) is 20.8. The van der Waals surface area contributed by atoms with Gasteiger partial charge in [0.15, 0.2) is 0 Å². The van der Waals surface area contributed by atoms with Crippen molar-refractivity contribution in [2.45, 2.75) is 31.5 Å². The number of pyridine rings is 1. The van der Waals surface area contributed by atoms with Gasteiger partial charge in [0.1, 0.15) is 12.2 Å². The topological polar surface area (TPSA) is 56.0 Å². The first-order valence-corrected chi connectivity index (χ1v) is 8.85. The fourth-order valence-electron chi connectivity index (χ4n) is 3.32. The van der Waals surface area contributed by atoms with Gasteiger partial charge >= 0.3 is 6.18 Å². The number of rotatable bonds is 3. The molecule has 0 saturated carbocycles. The standard InChI is InChI=1S/C18H16F5N5O/c19-17(20)2-5-26(6-3-17)16(29)13-7-12-1-4-28(15(12)24-8-13)14-9-25-27(10-14)11-18(21,22)23/h1,4,7-10H,2-3,5-6,11H2. The van der Waals surface area contributed by atoms with Crippen molar-refractivity contribution >= 4 is 16.9 Å². The Morgan fingerprint density at radius 3 is 2.59 bits per heavy atom. The van der Waals surface area contributed by atoms with E-state index in [1.807, 2.05) is 0 Å². The number of carbonyl (C=O) groups is 1. The van der Waals surface area contributed by atoms with Crippen molar-refractivity contribution in [1.82, 2.24) is 24.2 Å². The summed E-state index contributed by atoms with van der Waals surface area (Å²) < 4.78 is 66.4. The van der Waals surface area contributed by atoms with Crippen LogP contribution in [-0.4, -0.2) is 55.3 Å². The largest absolute Gasteiger partial charge is 0.408 e. The summed E-state index contributed by atoms with van der Waals surface area (Å²) in [6, 6.07) is 3.26. The Hall–Kier alpha value is -2.98. The molecule has 11 heteroatoms. The van der Waals surface area contributed by atoms with Crippen LogP contribution in [0.1, 0.15) is 23.2 Å². The van der Waals surface area contributed by atoms with Gasteiger partial charge < -0.3 is 4.90 Å². The van der Waals surface area contributed by atoms with E-state index in [2.05, 4.69) is 10.1 Å². The van der Waals surface area contributed by atoms with Crippen LogP contribution in [0.25, 0.3) is 16.7 Å². The number of piperidine rings is 1. The molecule has 154 valence electrons. The Bertz CT molecular complexity index is 1040. The van der Waals surface area contributed by atoms with E-state index in [4.69, 9.17) is 0 Å². The van der Waals surface area contributed by atoms with E-state index in [0.29, 0.717) is 16.7 Å².